The van der Waals surface area contributed by atoms with Gasteiger partial charge in [-0.05, 0) is 57.7 Å². The maximum absolute atomic E-state index is 12.2. The molecule has 0 unspecified atom stereocenters. The predicted molar refractivity (Wildman–Crippen MR) is 92.2 cm³/mol. The molecule has 24 heavy (non-hydrogen) atoms. The Balaban J connectivity index is 1.84. The Labute approximate surface area is 141 Å². The SMILES string of the molecule is CCNC(=O)c1cc(C(=O)NCCCC2CCNCC2)c[nH]c1=O. The molecule has 1 fully saturated rings. The van der Waals surface area contributed by atoms with E-state index in [9.17, 15) is 14.4 Å². The quantitative estimate of drug-likeness (QED) is 0.549. The molecular weight excluding hydrogens is 308 g/mol. The topological polar surface area (TPSA) is 103 Å². The van der Waals surface area contributed by atoms with Crippen LogP contribution in [0.5, 0.6) is 0 Å². The average Bonchev–Trinajstić information content (AvgIpc) is 2.60. The molecule has 1 aromatic rings. The zero-order valence-electron chi connectivity index (χ0n) is 14.1. The third-order valence-corrected chi connectivity index (χ3v) is 4.28. The van der Waals surface area contributed by atoms with Gasteiger partial charge in [-0.2, -0.15) is 0 Å². The summed E-state index contributed by atoms with van der Waals surface area (Å²) in [6.07, 6.45) is 5.78. The van der Waals surface area contributed by atoms with E-state index in [0.29, 0.717) is 13.1 Å². The number of aromatic nitrogens is 1. The second-order valence-corrected chi connectivity index (χ2v) is 6.08. The second kappa shape index (κ2) is 9.22. The van der Waals surface area contributed by atoms with E-state index in [-0.39, 0.29) is 17.0 Å². The summed E-state index contributed by atoms with van der Waals surface area (Å²) in [5, 5.41) is 8.75. The number of aromatic amines is 1. The molecule has 0 saturated carbocycles. The van der Waals surface area contributed by atoms with Gasteiger partial charge in [0, 0.05) is 19.3 Å². The lowest BCUT2D eigenvalue weighted by molar-refractivity contribution is 0.0951. The number of carbonyl (C=O) groups is 2. The first-order valence-corrected chi connectivity index (χ1v) is 8.61. The molecule has 1 aliphatic rings. The van der Waals surface area contributed by atoms with E-state index < -0.39 is 11.5 Å². The van der Waals surface area contributed by atoms with Gasteiger partial charge in [-0.25, -0.2) is 0 Å². The number of nitrogens with one attached hydrogen (secondary N) is 4. The van der Waals surface area contributed by atoms with Crippen LogP contribution >= 0.6 is 0 Å². The monoisotopic (exact) mass is 334 g/mol. The summed E-state index contributed by atoms with van der Waals surface area (Å²) in [5.74, 6) is -0.0120. The van der Waals surface area contributed by atoms with Gasteiger partial charge in [-0.1, -0.05) is 0 Å². The van der Waals surface area contributed by atoms with Crippen LogP contribution in [0.2, 0.25) is 0 Å². The van der Waals surface area contributed by atoms with Gasteiger partial charge in [0.15, 0.2) is 0 Å². The molecule has 0 spiro atoms. The van der Waals surface area contributed by atoms with Crippen LogP contribution in [0.4, 0.5) is 0 Å². The van der Waals surface area contributed by atoms with Crippen molar-refractivity contribution in [2.45, 2.75) is 32.6 Å². The van der Waals surface area contributed by atoms with E-state index in [4.69, 9.17) is 0 Å². The van der Waals surface area contributed by atoms with Crippen molar-refractivity contribution in [3.63, 3.8) is 0 Å². The highest BCUT2D eigenvalue weighted by atomic mass is 16.2. The summed E-state index contributed by atoms with van der Waals surface area (Å²) in [5.41, 5.74) is -0.250. The fourth-order valence-corrected chi connectivity index (χ4v) is 2.90. The van der Waals surface area contributed by atoms with Gasteiger partial charge < -0.3 is 20.9 Å². The van der Waals surface area contributed by atoms with Crippen LogP contribution in [-0.2, 0) is 0 Å². The van der Waals surface area contributed by atoms with Gasteiger partial charge in [0.05, 0.1) is 5.56 Å². The first-order chi connectivity index (χ1) is 11.6. The number of H-pyrrole nitrogens is 1. The van der Waals surface area contributed by atoms with Crippen LogP contribution in [0.3, 0.4) is 0 Å². The molecule has 0 aromatic carbocycles. The van der Waals surface area contributed by atoms with Crippen molar-refractivity contribution in [2.24, 2.45) is 5.92 Å². The van der Waals surface area contributed by atoms with E-state index in [1.54, 1.807) is 6.92 Å². The number of piperidine rings is 1. The second-order valence-electron chi connectivity index (χ2n) is 6.08. The minimum atomic E-state index is -0.497. The third kappa shape index (κ3) is 5.19. The number of carbonyl (C=O) groups excluding carboxylic acids is 2. The first-order valence-electron chi connectivity index (χ1n) is 8.61. The van der Waals surface area contributed by atoms with E-state index in [2.05, 4.69) is 20.9 Å². The highest BCUT2D eigenvalue weighted by molar-refractivity contribution is 5.99. The summed E-state index contributed by atoms with van der Waals surface area (Å²) < 4.78 is 0. The van der Waals surface area contributed by atoms with Gasteiger partial charge in [0.25, 0.3) is 17.4 Å². The lowest BCUT2D eigenvalue weighted by Gasteiger charge is -2.22. The molecular formula is C17H26N4O3. The summed E-state index contributed by atoms with van der Waals surface area (Å²) in [6.45, 7) is 4.95. The maximum Gasteiger partial charge on any atom is 0.260 e. The highest BCUT2D eigenvalue weighted by Gasteiger charge is 2.15. The number of hydrogen-bond acceptors (Lipinski definition) is 4. The van der Waals surface area contributed by atoms with Crippen molar-refractivity contribution in [1.82, 2.24) is 20.9 Å². The number of hydrogen-bond donors (Lipinski definition) is 4. The van der Waals surface area contributed by atoms with Gasteiger partial charge >= 0.3 is 0 Å². The summed E-state index contributed by atoms with van der Waals surface area (Å²) in [4.78, 5) is 38.1. The molecule has 0 atom stereocenters. The Hall–Kier alpha value is -2.15. The highest BCUT2D eigenvalue weighted by Crippen LogP contribution is 2.17. The van der Waals surface area contributed by atoms with Gasteiger partial charge in [0.1, 0.15) is 5.56 Å². The number of rotatable bonds is 7. The molecule has 132 valence electrons. The minimum absolute atomic E-state index is 0.0424. The Kier molecular flexibility index (Phi) is 6.99. The Morgan fingerprint density at radius 2 is 1.96 bits per heavy atom. The summed E-state index contributed by atoms with van der Waals surface area (Å²) in [6, 6.07) is 1.34. The lowest BCUT2D eigenvalue weighted by Crippen LogP contribution is -2.31. The smallest absolute Gasteiger partial charge is 0.260 e. The molecule has 1 aliphatic heterocycles. The van der Waals surface area contributed by atoms with E-state index in [0.717, 1.165) is 31.8 Å². The van der Waals surface area contributed by atoms with E-state index in [1.165, 1.54) is 25.1 Å². The summed E-state index contributed by atoms with van der Waals surface area (Å²) in [7, 11) is 0. The van der Waals surface area contributed by atoms with Crippen LogP contribution in [0.25, 0.3) is 0 Å². The van der Waals surface area contributed by atoms with Crippen LogP contribution in [0, 0.1) is 5.92 Å². The first kappa shape index (κ1) is 18.2. The number of pyridine rings is 1. The van der Waals surface area contributed by atoms with E-state index >= 15 is 0 Å². The van der Waals surface area contributed by atoms with Crippen LogP contribution in [-0.4, -0.2) is 43.0 Å². The predicted octanol–water partition coefficient (Wildman–Crippen LogP) is 0.634. The minimum Gasteiger partial charge on any atom is -0.352 e. The third-order valence-electron chi connectivity index (χ3n) is 4.28. The fourth-order valence-electron chi connectivity index (χ4n) is 2.90. The normalized spacial score (nSPS) is 15.0. The largest absolute Gasteiger partial charge is 0.352 e. The Morgan fingerprint density at radius 3 is 2.67 bits per heavy atom. The molecule has 4 N–H and O–H groups in total. The van der Waals surface area contributed by atoms with Crippen molar-refractivity contribution in [2.75, 3.05) is 26.2 Å². The average molecular weight is 334 g/mol. The molecule has 7 nitrogen and oxygen atoms in total. The van der Waals surface area contributed by atoms with Crippen molar-refractivity contribution < 1.29 is 9.59 Å². The van der Waals surface area contributed by atoms with Crippen LogP contribution < -0.4 is 21.5 Å². The molecule has 1 aromatic heterocycles. The fraction of sp³-hybridized carbons (Fsp3) is 0.588. The molecule has 2 amide bonds. The molecule has 0 aliphatic carbocycles. The van der Waals surface area contributed by atoms with Gasteiger partial charge in [-0.15, -0.1) is 0 Å². The Morgan fingerprint density at radius 1 is 1.21 bits per heavy atom. The van der Waals surface area contributed by atoms with Gasteiger partial charge in [-0.3, -0.25) is 14.4 Å². The number of amides is 2. The maximum atomic E-state index is 12.2. The zero-order valence-corrected chi connectivity index (χ0v) is 14.1. The van der Waals surface area contributed by atoms with Crippen molar-refractivity contribution in [3.05, 3.63) is 33.7 Å². The summed E-state index contributed by atoms with van der Waals surface area (Å²) >= 11 is 0. The standard InChI is InChI=1S/C17H26N4O3/c1-2-19-16(23)14-10-13(11-21-17(14)24)15(22)20-7-3-4-12-5-8-18-9-6-12/h10-12,18H,2-9H2,1H3,(H,19,23)(H,20,22)(H,21,24). The molecule has 2 heterocycles. The molecule has 0 radical (unpaired) electrons. The molecule has 7 heteroatoms. The van der Waals surface area contributed by atoms with Crippen molar-refractivity contribution in [1.29, 1.82) is 0 Å². The van der Waals surface area contributed by atoms with Crippen LogP contribution in [0.1, 0.15) is 53.3 Å². The van der Waals surface area contributed by atoms with E-state index in [1.807, 2.05) is 0 Å². The van der Waals surface area contributed by atoms with Gasteiger partial charge in [0.2, 0.25) is 0 Å². The molecule has 0 bridgehead atoms. The lowest BCUT2D eigenvalue weighted by atomic mass is 9.93. The molecule has 2 rings (SSSR count). The van der Waals surface area contributed by atoms with Crippen LogP contribution in [0.15, 0.2) is 17.1 Å². The Bertz CT molecular complexity index is 621. The molecule has 1 saturated heterocycles. The van der Waals surface area contributed by atoms with Crippen molar-refractivity contribution in [3.8, 4) is 0 Å². The van der Waals surface area contributed by atoms with Crippen molar-refractivity contribution >= 4 is 11.8 Å². The zero-order chi connectivity index (χ0) is 17.4.